The second kappa shape index (κ2) is 8.37. The third-order valence-electron chi connectivity index (χ3n) is 3.97. The Hall–Kier alpha value is -3.03. The summed E-state index contributed by atoms with van der Waals surface area (Å²) in [6.07, 6.45) is 2.97. The lowest BCUT2D eigenvalue weighted by atomic mass is 10.1. The van der Waals surface area contributed by atoms with Crippen molar-refractivity contribution in [3.63, 3.8) is 0 Å². The van der Waals surface area contributed by atoms with Crippen molar-refractivity contribution in [3.8, 4) is 0 Å². The van der Waals surface area contributed by atoms with Crippen LogP contribution in [-0.2, 0) is 20.8 Å². The molecule has 0 aromatic carbocycles. The second-order valence-corrected chi connectivity index (χ2v) is 5.80. The largest absolute Gasteiger partial charge is 0.469 e. The van der Waals surface area contributed by atoms with E-state index in [1.807, 2.05) is 11.5 Å². The molecule has 0 aliphatic heterocycles. The van der Waals surface area contributed by atoms with Gasteiger partial charge in [0.25, 0.3) is 0 Å². The minimum Gasteiger partial charge on any atom is -0.469 e. The third kappa shape index (κ3) is 4.53. The molecule has 0 amide bonds. The van der Waals surface area contributed by atoms with E-state index in [1.54, 1.807) is 19.9 Å². The Morgan fingerprint density at radius 3 is 2.46 bits per heavy atom. The fourth-order valence-corrected chi connectivity index (χ4v) is 2.51. The maximum atomic E-state index is 12.4. The van der Waals surface area contributed by atoms with Gasteiger partial charge >= 0.3 is 11.9 Å². The number of methoxy groups -OCH3 is 1. The van der Waals surface area contributed by atoms with Crippen LogP contribution in [0, 0.1) is 20.8 Å². The van der Waals surface area contributed by atoms with Gasteiger partial charge in [-0.05, 0) is 26.8 Å². The van der Waals surface area contributed by atoms with E-state index >= 15 is 0 Å². The molecule has 0 bridgehead atoms. The number of hydrogen-bond donors (Lipinski definition) is 0. The molecule has 0 spiro atoms. The van der Waals surface area contributed by atoms with Crippen LogP contribution in [0.3, 0.4) is 0 Å². The van der Waals surface area contributed by atoms with Crippen molar-refractivity contribution in [1.82, 2.24) is 14.5 Å². The maximum absolute atomic E-state index is 12.4. The fraction of sp³-hybridized carbons (Fsp3) is 0.389. The van der Waals surface area contributed by atoms with Gasteiger partial charge in [-0.1, -0.05) is 0 Å². The first-order valence-electron chi connectivity index (χ1n) is 8.06. The van der Waals surface area contributed by atoms with Crippen molar-refractivity contribution >= 4 is 17.7 Å². The molecule has 0 unspecified atom stereocenters. The number of ketones is 1. The SMILES string of the molecule is COC(=O)CCn1c(C)cc(C(=O)COC(=O)c2cnc(C)cn2)c1C. The number of ether oxygens (including phenoxy) is 2. The van der Waals surface area contributed by atoms with Gasteiger partial charge < -0.3 is 14.0 Å². The Morgan fingerprint density at radius 2 is 1.85 bits per heavy atom. The summed E-state index contributed by atoms with van der Waals surface area (Å²) in [4.78, 5) is 43.5. The number of hydrogen-bond acceptors (Lipinski definition) is 7. The number of carbonyl (C=O) groups excluding carboxylic acids is 3. The molecule has 26 heavy (non-hydrogen) atoms. The quantitative estimate of drug-likeness (QED) is 0.549. The zero-order valence-corrected chi connectivity index (χ0v) is 15.2. The first kappa shape index (κ1) is 19.3. The molecule has 138 valence electrons. The highest BCUT2D eigenvalue weighted by Crippen LogP contribution is 2.17. The van der Waals surface area contributed by atoms with Crippen LogP contribution in [0.4, 0.5) is 0 Å². The highest BCUT2D eigenvalue weighted by Gasteiger charge is 2.19. The van der Waals surface area contributed by atoms with E-state index in [4.69, 9.17) is 4.74 Å². The summed E-state index contributed by atoms with van der Waals surface area (Å²) in [6, 6.07) is 1.72. The number of aryl methyl sites for hydroxylation is 2. The van der Waals surface area contributed by atoms with Gasteiger partial charge in [0.05, 0.1) is 25.4 Å². The van der Waals surface area contributed by atoms with Gasteiger partial charge in [-0.3, -0.25) is 14.6 Å². The van der Waals surface area contributed by atoms with Gasteiger partial charge in [0.15, 0.2) is 12.3 Å². The van der Waals surface area contributed by atoms with Crippen molar-refractivity contribution in [1.29, 1.82) is 0 Å². The summed E-state index contributed by atoms with van der Waals surface area (Å²) < 4.78 is 11.5. The predicted octanol–water partition coefficient (Wildman–Crippen LogP) is 1.81. The van der Waals surface area contributed by atoms with Crippen LogP contribution in [0.2, 0.25) is 0 Å². The first-order chi connectivity index (χ1) is 12.3. The zero-order chi connectivity index (χ0) is 19.3. The van der Waals surface area contributed by atoms with Crippen molar-refractivity contribution in [3.05, 3.63) is 46.8 Å². The van der Waals surface area contributed by atoms with Crippen LogP contribution in [0.5, 0.6) is 0 Å². The van der Waals surface area contributed by atoms with Crippen molar-refractivity contribution in [2.75, 3.05) is 13.7 Å². The molecule has 0 fully saturated rings. The van der Waals surface area contributed by atoms with Gasteiger partial charge in [-0.2, -0.15) is 0 Å². The number of aromatic nitrogens is 3. The predicted molar refractivity (Wildman–Crippen MR) is 91.9 cm³/mol. The smallest absolute Gasteiger partial charge is 0.358 e. The number of esters is 2. The molecule has 0 aliphatic rings. The average molecular weight is 359 g/mol. The number of Topliss-reactive ketones (excluding diaryl/α,β-unsaturated/α-hetero) is 1. The summed E-state index contributed by atoms with van der Waals surface area (Å²) in [5, 5.41) is 0. The Bertz CT molecular complexity index is 824. The fourth-order valence-electron chi connectivity index (χ4n) is 2.51. The van der Waals surface area contributed by atoms with Crippen LogP contribution in [0.1, 0.15) is 44.3 Å². The highest BCUT2D eigenvalue weighted by molar-refractivity contribution is 6.00. The minimum absolute atomic E-state index is 0.0481. The summed E-state index contributed by atoms with van der Waals surface area (Å²) >= 11 is 0. The Morgan fingerprint density at radius 1 is 1.12 bits per heavy atom. The Kier molecular flexibility index (Phi) is 6.21. The third-order valence-corrected chi connectivity index (χ3v) is 3.97. The molecule has 0 radical (unpaired) electrons. The summed E-state index contributed by atoms with van der Waals surface area (Å²) in [6.45, 7) is 5.40. The molecule has 0 N–H and O–H groups in total. The number of rotatable bonds is 7. The van der Waals surface area contributed by atoms with E-state index in [2.05, 4.69) is 14.7 Å². The average Bonchev–Trinajstić information content (AvgIpc) is 2.92. The van der Waals surface area contributed by atoms with E-state index in [-0.39, 0.29) is 23.9 Å². The normalized spacial score (nSPS) is 10.5. The molecule has 2 rings (SSSR count). The molecule has 0 aliphatic carbocycles. The molecule has 0 atom stereocenters. The number of nitrogens with zero attached hydrogens (tertiary/aromatic N) is 3. The standard InChI is InChI=1S/C18H21N3O5/c1-11-8-20-15(9-19-11)18(24)26-10-16(22)14-7-12(2)21(13(14)3)6-5-17(23)25-4/h7-9H,5-6,10H2,1-4H3. The lowest BCUT2D eigenvalue weighted by Gasteiger charge is -2.09. The van der Waals surface area contributed by atoms with Crippen LogP contribution < -0.4 is 0 Å². The molecule has 2 aromatic rings. The Labute approximate surface area is 151 Å². The topological polar surface area (TPSA) is 100 Å². The Balaban J connectivity index is 2.02. The van der Waals surface area contributed by atoms with Crippen molar-refractivity contribution < 1.29 is 23.9 Å². The zero-order valence-electron chi connectivity index (χ0n) is 15.2. The molecular weight excluding hydrogens is 338 g/mol. The van der Waals surface area contributed by atoms with Gasteiger partial charge in [0.2, 0.25) is 5.78 Å². The van der Waals surface area contributed by atoms with E-state index in [1.165, 1.54) is 19.5 Å². The van der Waals surface area contributed by atoms with Crippen LogP contribution in [0.15, 0.2) is 18.5 Å². The van der Waals surface area contributed by atoms with Crippen molar-refractivity contribution in [2.45, 2.75) is 33.7 Å². The summed E-state index contributed by atoms with van der Waals surface area (Å²) in [5.74, 6) is -1.35. The molecule has 0 saturated heterocycles. The monoisotopic (exact) mass is 359 g/mol. The second-order valence-electron chi connectivity index (χ2n) is 5.80. The molecule has 2 heterocycles. The van der Waals surface area contributed by atoms with E-state index < -0.39 is 12.6 Å². The van der Waals surface area contributed by atoms with E-state index in [9.17, 15) is 14.4 Å². The summed E-state index contributed by atoms with van der Waals surface area (Å²) in [7, 11) is 1.33. The lowest BCUT2D eigenvalue weighted by molar-refractivity contribution is -0.140. The van der Waals surface area contributed by atoms with Gasteiger partial charge in [0, 0.05) is 29.7 Å². The lowest BCUT2D eigenvalue weighted by Crippen LogP contribution is -2.16. The first-order valence-corrected chi connectivity index (χ1v) is 8.06. The molecule has 8 nitrogen and oxygen atoms in total. The van der Waals surface area contributed by atoms with Crippen LogP contribution >= 0.6 is 0 Å². The van der Waals surface area contributed by atoms with E-state index in [0.29, 0.717) is 23.5 Å². The molecule has 8 heteroatoms. The highest BCUT2D eigenvalue weighted by atomic mass is 16.5. The van der Waals surface area contributed by atoms with Gasteiger partial charge in [-0.25, -0.2) is 9.78 Å². The summed E-state index contributed by atoms with van der Waals surface area (Å²) in [5.41, 5.74) is 2.73. The molecule has 0 saturated carbocycles. The van der Waals surface area contributed by atoms with E-state index in [0.717, 1.165) is 5.69 Å². The molecule has 2 aromatic heterocycles. The van der Waals surface area contributed by atoms with Crippen LogP contribution in [-0.4, -0.2) is 46.0 Å². The van der Waals surface area contributed by atoms with Gasteiger partial charge in [0.1, 0.15) is 0 Å². The number of carbonyl (C=O) groups is 3. The molecular formula is C18H21N3O5. The van der Waals surface area contributed by atoms with Crippen LogP contribution in [0.25, 0.3) is 0 Å². The minimum atomic E-state index is -0.703. The maximum Gasteiger partial charge on any atom is 0.358 e. The van der Waals surface area contributed by atoms with Gasteiger partial charge in [-0.15, -0.1) is 0 Å². The van der Waals surface area contributed by atoms with Crippen molar-refractivity contribution in [2.24, 2.45) is 0 Å².